The van der Waals surface area contributed by atoms with Crippen molar-refractivity contribution in [3.63, 3.8) is 0 Å². The SMILES string of the molecule is CC=C(C)C(=O)OC(O)COC(=O)c1ccccc1C(=O)O. The minimum Gasteiger partial charge on any atom is -0.478 e. The number of hydrogen-bond acceptors (Lipinski definition) is 6. The van der Waals surface area contributed by atoms with Gasteiger partial charge in [-0.25, -0.2) is 14.4 Å². The number of aromatic carboxylic acids is 1. The Morgan fingerprint density at radius 2 is 1.82 bits per heavy atom. The summed E-state index contributed by atoms with van der Waals surface area (Å²) in [5, 5.41) is 18.4. The van der Waals surface area contributed by atoms with Gasteiger partial charge < -0.3 is 19.7 Å². The molecule has 0 spiro atoms. The molecule has 7 heteroatoms. The van der Waals surface area contributed by atoms with Gasteiger partial charge in [0.05, 0.1) is 11.1 Å². The van der Waals surface area contributed by atoms with Crippen LogP contribution in [0.4, 0.5) is 0 Å². The van der Waals surface area contributed by atoms with Crippen LogP contribution in [0.25, 0.3) is 0 Å². The van der Waals surface area contributed by atoms with Gasteiger partial charge in [0.15, 0.2) is 6.61 Å². The molecule has 0 amide bonds. The molecule has 0 radical (unpaired) electrons. The Balaban J connectivity index is 2.64. The summed E-state index contributed by atoms with van der Waals surface area (Å²) in [6.45, 7) is 2.53. The maximum absolute atomic E-state index is 11.8. The molecule has 1 rings (SSSR count). The van der Waals surface area contributed by atoms with E-state index in [1.165, 1.54) is 37.3 Å². The predicted molar refractivity (Wildman–Crippen MR) is 75.2 cm³/mol. The highest BCUT2D eigenvalue weighted by Crippen LogP contribution is 2.11. The van der Waals surface area contributed by atoms with Gasteiger partial charge in [0, 0.05) is 5.57 Å². The summed E-state index contributed by atoms with van der Waals surface area (Å²) in [6.07, 6.45) is -0.132. The normalized spacial score (nSPS) is 12.4. The molecule has 22 heavy (non-hydrogen) atoms. The fourth-order valence-corrected chi connectivity index (χ4v) is 1.44. The summed E-state index contributed by atoms with van der Waals surface area (Å²) in [4.78, 5) is 34.2. The Kier molecular flexibility index (Phi) is 6.27. The first-order valence-corrected chi connectivity index (χ1v) is 6.38. The molecule has 1 atom stereocenters. The number of esters is 2. The number of hydrogen-bond donors (Lipinski definition) is 2. The smallest absolute Gasteiger partial charge is 0.339 e. The van der Waals surface area contributed by atoms with E-state index in [1.54, 1.807) is 6.92 Å². The molecule has 1 unspecified atom stereocenters. The molecule has 118 valence electrons. The second-order valence-electron chi connectivity index (χ2n) is 4.28. The average Bonchev–Trinajstić information content (AvgIpc) is 2.51. The van der Waals surface area contributed by atoms with E-state index in [0.717, 1.165) is 0 Å². The van der Waals surface area contributed by atoms with Crippen molar-refractivity contribution in [2.75, 3.05) is 6.61 Å². The zero-order valence-corrected chi connectivity index (χ0v) is 12.1. The number of carboxylic acids is 1. The molecule has 0 heterocycles. The van der Waals surface area contributed by atoms with Crippen LogP contribution >= 0.6 is 0 Å². The van der Waals surface area contributed by atoms with Crippen LogP contribution in [0.3, 0.4) is 0 Å². The molecule has 0 aliphatic heterocycles. The standard InChI is InChI=1S/C15H16O7/c1-3-9(2)14(19)22-12(16)8-21-15(20)11-7-5-4-6-10(11)13(17)18/h3-7,12,16H,8H2,1-2H3,(H,17,18). The van der Waals surface area contributed by atoms with Gasteiger partial charge in [0.1, 0.15) is 0 Å². The van der Waals surface area contributed by atoms with Crippen molar-refractivity contribution >= 4 is 17.9 Å². The molecule has 0 aliphatic rings. The van der Waals surface area contributed by atoms with Crippen molar-refractivity contribution in [2.45, 2.75) is 20.1 Å². The number of carboxylic acid groups (broad SMARTS) is 1. The lowest BCUT2D eigenvalue weighted by atomic mass is 10.1. The van der Waals surface area contributed by atoms with Crippen molar-refractivity contribution in [3.8, 4) is 0 Å². The van der Waals surface area contributed by atoms with Crippen molar-refractivity contribution in [1.82, 2.24) is 0 Å². The average molecular weight is 308 g/mol. The van der Waals surface area contributed by atoms with E-state index in [1.807, 2.05) is 0 Å². The Morgan fingerprint density at radius 1 is 1.23 bits per heavy atom. The molecule has 1 aromatic rings. The largest absolute Gasteiger partial charge is 0.478 e. The highest BCUT2D eigenvalue weighted by atomic mass is 16.7. The molecule has 0 saturated heterocycles. The summed E-state index contributed by atoms with van der Waals surface area (Å²) in [5.41, 5.74) is -0.0801. The van der Waals surface area contributed by atoms with Crippen molar-refractivity contribution in [2.24, 2.45) is 0 Å². The van der Waals surface area contributed by atoms with Crippen molar-refractivity contribution in [3.05, 3.63) is 47.0 Å². The maximum Gasteiger partial charge on any atom is 0.339 e. The van der Waals surface area contributed by atoms with Gasteiger partial charge in [0.25, 0.3) is 0 Å². The molecule has 7 nitrogen and oxygen atoms in total. The number of rotatable bonds is 6. The highest BCUT2D eigenvalue weighted by molar-refractivity contribution is 6.02. The first kappa shape index (κ1) is 17.4. The molecule has 1 aromatic carbocycles. The first-order chi connectivity index (χ1) is 10.4. The van der Waals surface area contributed by atoms with Crippen LogP contribution in [0.15, 0.2) is 35.9 Å². The quantitative estimate of drug-likeness (QED) is 0.464. The summed E-state index contributed by atoms with van der Waals surface area (Å²) >= 11 is 0. The third kappa shape index (κ3) is 4.71. The maximum atomic E-state index is 11.8. The first-order valence-electron chi connectivity index (χ1n) is 6.38. The van der Waals surface area contributed by atoms with E-state index in [9.17, 15) is 19.5 Å². The topological polar surface area (TPSA) is 110 Å². The van der Waals surface area contributed by atoms with Crippen LogP contribution in [-0.4, -0.2) is 41.0 Å². The number of carbonyl (C=O) groups is 3. The monoisotopic (exact) mass is 308 g/mol. The number of benzene rings is 1. The summed E-state index contributed by atoms with van der Waals surface area (Å²) in [6, 6.07) is 5.49. The fraction of sp³-hybridized carbons (Fsp3) is 0.267. The molecule has 0 aromatic heterocycles. The molecule has 0 saturated carbocycles. The Labute approximate surface area is 126 Å². The number of aliphatic hydroxyl groups excluding tert-OH is 1. The van der Waals surface area contributed by atoms with E-state index in [-0.39, 0.29) is 11.1 Å². The van der Waals surface area contributed by atoms with Gasteiger partial charge >= 0.3 is 17.9 Å². The van der Waals surface area contributed by atoms with Gasteiger partial charge in [-0.3, -0.25) is 0 Å². The lowest BCUT2D eigenvalue weighted by molar-refractivity contribution is -0.169. The van der Waals surface area contributed by atoms with Crippen LogP contribution in [0.2, 0.25) is 0 Å². The Hall–Kier alpha value is -2.67. The summed E-state index contributed by atoms with van der Waals surface area (Å²) in [5.74, 6) is -2.95. The van der Waals surface area contributed by atoms with Crippen molar-refractivity contribution in [1.29, 1.82) is 0 Å². The van der Waals surface area contributed by atoms with E-state index in [4.69, 9.17) is 9.84 Å². The molecule has 0 aliphatic carbocycles. The van der Waals surface area contributed by atoms with Crippen molar-refractivity contribution < 1.29 is 34.1 Å². The number of allylic oxidation sites excluding steroid dienone is 1. The molecule has 2 N–H and O–H groups in total. The van der Waals surface area contributed by atoms with Crippen LogP contribution < -0.4 is 0 Å². The third-order valence-corrected chi connectivity index (χ3v) is 2.73. The molecule has 0 bridgehead atoms. The van der Waals surface area contributed by atoms with Crippen LogP contribution in [0.5, 0.6) is 0 Å². The highest BCUT2D eigenvalue weighted by Gasteiger charge is 2.19. The third-order valence-electron chi connectivity index (χ3n) is 2.73. The predicted octanol–water partition coefficient (Wildman–Crippen LogP) is 1.37. The summed E-state index contributed by atoms with van der Waals surface area (Å²) in [7, 11) is 0. The van der Waals surface area contributed by atoms with Gasteiger partial charge in [-0.15, -0.1) is 0 Å². The Bertz CT molecular complexity index is 604. The fourth-order valence-electron chi connectivity index (χ4n) is 1.44. The molecular formula is C15H16O7. The van der Waals surface area contributed by atoms with Crippen LogP contribution in [-0.2, 0) is 14.3 Å². The lowest BCUT2D eigenvalue weighted by Crippen LogP contribution is -2.25. The van der Waals surface area contributed by atoms with Gasteiger partial charge in [-0.2, -0.15) is 0 Å². The number of ether oxygens (including phenoxy) is 2. The van der Waals surface area contributed by atoms with E-state index >= 15 is 0 Å². The second-order valence-corrected chi connectivity index (χ2v) is 4.28. The molecular weight excluding hydrogens is 292 g/mol. The van der Waals surface area contributed by atoms with Gasteiger partial charge in [-0.05, 0) is 26.0 Å². The van der Waals surface area contributed by atoms with Gasteiger partial charge in [0.2, 0.25) is 6.29 Å². The second kappa shape index (κ2) is 7.94. The summed E-state index contributed by atoms with van der Waals surface area (Å²) < 4.78 is 9.37. The van der Waals surface area contributed by atoms with E-state index in [2.05, 4.69) is 4.74 Å². The number of aliphatic hydroxyl groups is 1. The van der Waals surface area contributed by atoms with E-state index in [0.29, 0.717) is 5.57 Å². The van der Waals surface area contributed by atoms with E-state index < -0.39 is 30.8 Å². The van der Waals surface area contributed by atoms with Gasteiger partial charge in [-0.1, -0.05) is 18.2 Å². The Morgan fingerprint density at radius 3 is 2.36 bits per heavy atom. The lowest BCUT2D eigenvalue weighted by Gasteiger charge is -2.13. The molecule has 0 fully saturated rings. The zero-order chi connectivity index (χ0) is 16.7. The van der Waals surface area contributed by atoms with Crippen LogP contribution in [0.1, 0.15) is 34.6 Å². The minimum atomic E-state index is -1.64. The zero-order valence-electron chi connectivity index (χ0n) is 12.1. The number of carbonyl (C=O) groups excluding carboxylic acids is 2. The minimum absolute atomic E-state index is 0.154. The van der Waals surface area contributed by atoms with Crippen LogP contribution in [0, 0.1) is 0 Å².